The number of halogens is 3. The Labute approximate surface area is 146 Å². The van der Waals surface area contributed by atoms with Crippen LogP contribution in [0.4, 0.5) is 8.78 Å². The highest BCUT2D eigenvalue weighted by molar-refractivity contribution is 14.0. The molecule has 0 spiro atoms. The number of aliphatic imine (C=N–C) groups is 1. The minimum Gasteiger partial charge on any atom is -0.492 e. The molecule has 22 heavy (non-hydrogen) atoms. The Morgan fingerprint density at radius 2 is 2.05 bits per heavy atom. The van der Waals surface area contributed by atoms with Crippen molar-refractivity contribution in [2.24, 2.45) is 10.9 Å². The van der Waals surface area contributed by atoms with E-state index < -0.39 is 11.6 Å². The molecule has 2 rings (SSSR count). The Hall–Kier alpha value is -1.12. The third-order valence-electron chi connectivity index (χ3n) is 3.10. The van der Waals surface area contributed by atoms with Gasteiger partial charge in [0.25, 0.3) is 0 Å². The lowest BCUT2D eigenvalue weighted by atomic mass is 10.3. The Morgan fingerprint density at radius 3 is 2.68 bits per heavy atom. The molecule has 0 atom stereocenters. The summed E-state index contributed by atoms with van der Waals surface area (Å²) < 4.78 is 31.1. The average Bonchev–Trinajstić information content (AvgIpc) is 3.28. The first-order valence-electron chi connectivity index (χ1n) is 7.29. The topological polar surface area (TPSA) is 45.7 Å². The molecule has 1 aliphatic rings. The molecule has 124 valence electrons. The first-order chi connectivity index (χ1) is 10.2. The standard InChI is InChI=1S/C15H21F2N3O.HI/c1-2-18-15(20-10-11-3-4-11)19-7-8-21-12-5-6-13(16)14(17)9-12;/h5-6,9,11H,2-4,7-8,10H2,1H3,(H2,18,19,20);1H. The molecule has 0 saturated heterocycles. The molecule has 1 saturated carbocycles. The van der Waals surface area contributed by atoms with Crippen molar-refractivity contribution >= 4 is 29.9 Å². The van der Waals surface area contributed by atoms with Gasteiger partial charge in [-0.25, -0.2) is 8.78 Å². The van der Waals surface area contributed by atoms with Crippen LogP contribution in [0.5, 0.6) is 5.75 Å². The lowest BCUT2D eigenvalue weighted by Gasteiger charge is -2.12. The van der Waals surface area contributed by atoms with Crippen molar-refractivity contribution in [2.75, 3.05) is 26.2 Å². The second-order valence-electron chi connectivity index (χ2n) is 5.01. The zero-order valence-corrected chi connectivity index (χ0v) is 14.9. The van der Waals surface area contributed by atoms with Gasteiger partial charge in [0.2, 0.25) is 0 Å². The Bertz CT molecular complexity index is 496. The SMILES string of the molecule is CCNC(=NCC1CC1)NCCOc1ccc(F)c(F)c1.I. The van der Waals surface area contributed by atoms with Gasteiger partial charge in [-0.1, -0.05) is 0 Å². The van der Waals surface area contributed by atoms with Gasteiger partial charge in [0.1, 0.15) is 12.4 Å². The summed E-state index contributed by atoms with van der Waals surface area (Å²) in [6, 6.07) is 3.51. The molecule has 4 nitrogen and oxygen atoms in total. The van der Waals surface area contributed by atoms with Gasteiger partial charge >= 0.3 is 0 Å². The quantitative estimate of drug-likeness (QED) is 0.306. The van der Waals surface area contributed by atoms with Crippen LogP contribution < -0.4 is 15.4 Å². The Kier molecular flexibility index (Phi) is 8.44. The summed E-state index contributed by atoms with van der Waals surface area (Å²) in [5, 5.41) is 6.30. The third-order valence-corrected chi connectivity index (χ3v) is 3.10. The van der Waals surface area contributed by atoms with E-state index in [1.54, 1.807) is 0 Å². The number of guanidine groups is 1. The van der Waals surface area contributed by atoms with Crippen LogP contribution in [0, 0.1) is 17.6 Å². The number of benzene rings is 1. The van der Waals surface area contributed by atoms with Crippen molar-refractivity contribution in [3.63, 3.8) is 0 Å². The van der Waals surface area contributed by atoms with Crippen LogP contribution in [0.25, 0.3) is 0 Å². The summed E-state index contributed by atoms with van der Waals surface area (Å²) in [6.45, 7) is 4.53. The normalized spacial score (nSPS) is 14.2. The summed E-state index contributed by atoms with van der Waals surface area (Å²) in [4.78, 5) is 4.48. The van der Waals surface area contributed by atoms with Gasteiger partial charge in [-0.15, -0.1) is 24.0 Å². The van der Waals surface area contributed by atoms with Crippen LogP contribution in [0.1, 0.15) is 19.8 Å². The van der Waals surface area contributed by atoms with E-state index >= 15 is 0 Å². The predicted molar refractivity (Wildman–Crippen MR) is 94.0 cm³/mol. The van der Waals surface area contributed by atoms with E-state index in [1.807, 2.05) is 6.92 Å². The molecule has 1 aromatic rings. The van der Waals surface area contributed by atoms with Gasteiger partial charge in [-0.05, 0) is 37.8 Å². The smallest absolute Gasteiger partial charge is 0.191 e. The van der Waals surface area contributed by atoms with Crippen molar-refractivity contribution in [3.05, 3.63) is 29.8 Å². The summed E-state index contributed by atoms with van der Waals surface area (Å²) in [7, 11) is 0. The number of hydrogen-bond acceptors (Lipinski definition) is 2. The summed E-state index contributed by atoms with van der Waals surface area (Å²) >= 11 is 0. The Morgan fingerprint density at radius 1 is 1.27 bits per heavy atom. The fourth-order valence-electron chi connectivity index (χ4n) is 1.77. The summed E-state index contributed by atoms with van der Waals surface area (Å²) in [5.74, 6) is 0.0368. The predicted octanol–water partition coefficient (Wildman–Crippen LogP) is 2.93. The molecule has 0 bridgehead atoms. The van der Waals surface area contributed by atoms with Crippen LogP contribution in [0.2, 0.25) is 0 Å². The molecule has 0 heterocycles. The fraction of sp³-hybridized carbons (Fsp3) is 0.533. The molecule has 1 aromatic carbocycles. The molecular weight excluding hydrogens is 403 g/mol. The maximum absolute atomic E-state index is 13.0. The Balaban J connectivity index is 0.00000242. The molecule has 0 amide bonds. The van der Waals surface area contributed by atoms with Gasteiger partial charge in [-0.3, -0.25) is 4.99 Å². The lowest BCUT2D eigenvalue weighted by Crippen LogP contribution is -2.39. The van der Waals surface area contributed by atoms with Crippen LogP contribution in [0.3, 0.4) is 0 Å². The number of rotatable bonds is 7. The van der Waals surface area contributed by atoms with E-state index in [1.165, 1.54) is 18.9 Å². The molecule has 0 radical (unpaired) electrons. The first kappa shape index (κ1) is 18.9. The molecule has 0 unspecified atom stereocenters. The van der Waals surface area contributed by atoms with Gasteiger partial charge in [0, 0.05) is 19.2 Å². The minimum absolute atomic E-state index is 0. The van der Waals surface area contributed by atoms with E-state index in [0.29, 0.717) is 18.9 Å². The maximum Gasteiger partial charge on any atom is 0.191 e. The largest absolute Gasteiger partial charge is 0.492 e. The van der Waals surface area contributed by atoms with Crippen molar-refractivity contribution in [3.8, 4) is 5.75 Å². The molecule has 0 aromatic heterocycles. The highest BCUT2D eigenvalue weighted by Crippen LogP contribution is 2.28. The second kappa shape index (κ2) is 9.81. The van der Waals surface area contributed by atoms with Crippen molar-refractivity contribution in [1.29, 1.82) is 0 Å². The molecule has 7 heteroatoms. The van der Waals surface area contributed by atoms with E-state index in [0.717, 1.165) is 37.1 Å². The van der Waals surface area contributed by atoms with Gasteiger partial charge in [-0.2, -0.15) is 0 Å². The highest BCUT2D eigenvalue weighted by Gasteiger charge is 2.20. The van der Waals surface area contributed by atoms with Crippen LogP contribution in [-0.2, 0) is 0 Å². The van der Waals surface area contributed by atoms with Crippen LogP contribution in [0.15, 0.2) is 23.2 Å². The molecule has 2 N–H and O–H groups in total. The average molecular weight is 425 g/mol. The van der Waals surface area contributed by atoms with E-state index in [-0.39, 0.29) is 24.0 Å². The second-order valence-corrected chi connectivity index (χ2v) is 5.01. The van der Waals surface area contributed by atoms with Crippen molar-refractivity contribution in [1.82, 2.24) is 10.6 Å². The van der Waals surface area contributed by atoms with E-state index in [4.69, 9.17) is 4.74 Å². The minimum atomic E-state index is -0.903. The van der Waals surface area contributed by atoms with E-state index in [2.05, 4.69) is 15.6 Å². The summed E-state index contributed by atoms with van der Waals surface area (Å²) in [5.41, 5.74) is 0. The number of nitrogens with zero attached hydrogens (tertiary/aromatic N) is 1. The van der Waals surface area contributed by atoms with Crippen molar-refractivity contribution in [2.45, 2.75) is 19.8 Å². The number of nitrogens with one attached hydrogen (secondary N) is 2. The fourth-order valence-corrected chi connectivity index (χ4v) is 1.77. The molecule has 0 aliphatic heterocycles. The third kappa shape index (κ3) is 6.76. The molecular formula is C15H22F2IN3O. The zero-order valence-electron chi connectivity index (χ0n) is 12.6. The van der Waals surface area contributed by atoms with Crippen molar-refractivity contribution < 1.29 is 13.5 Å². The summed E-state index contributed by atoms with van der Waals surface area (Å²) in [6.07, 6.45) is 2.53. The zero-order chi connectivity index (χ0) is 15.1. The van der Waals surface area contributed by atoms with Crippen LogP contribution >= 0.6 is 24.0 Å². The van der Waals surface area contributed by atoms with E-state index in [9.17, 15) is 8.78 Å². The maximum atomic E-state index is 13.0. The molecule has 1 fully saturated rings. The van der Waals surface area contributed by atoms with Gasteiger partial charge < -0.3 is 15.4 Å². The lowest BCUT2D eigenvalue weighted by molar-refractivity contribution is 0.318. The highest BCUT2D eigenvalue weighted by atomic mass is 127. The number of hydrogen-bond donors (Lipinski definition) is 2. The monoisotopic (exact) mass is 425 g/mol. The molecule has 1 aliphatic carbocycles. The van der Waals surface area contributed by atoms with Gasteiger partial charge in [0.15, 0.2) is 17.6 Å². The van der Waals surface area contributed by atoms with Gasteiger partial charge in [0.05, 0.1) is 6.54 Å². The number of ether oxygens (including phenoxy) is 1. The van der Waals surface area contributed by atoms with Crippen LogP contribution in [-0.4, -0.2) is 32.2 Å². The first-order valence-corrected chi connectivity index (χ1v) is 7.29.